The van der Waals surface area contributed by atoms with E-state index in [0.29, 0.717) is 49.7 Å². The molecule has 14 nitrogen and oxygen atoms in total. The maximum Gasteiger partial charge on any atom is 0.407 e. The summed E-state index contributed by atoms with van der Waals surface area (Å²) >= 11 is 0. The highest BCUT2D eigenvalue weighted by Crippen LogP contribution is 2.44. The van der Waals surface area contributed by atoms with Crippen LogP contribution >= 0.6 is 0 Å². The first-order chi connectivity index (χ1) is 29.3. The number of methoxy groups -OCH3 is 2. The number of imidazole rings is 2. The minimum absolute atomic E-state index is 0.134. The van der Waals surface area contributed by atoms with Gasteiger partial charge in [-0.3, -0.25) is 9.59 Å². The molecule has 0 radical (unpaired) electrons. The molecule has 61 heavy (non-hydrogen) atoms. The van der Waals surface area contributed by atoms with Crippen LogP contribution in [0.4, 0.5) is 13.6 Å². The largest absolute Gasteiger partial charge is 0.488 e. The lowest BCUT2D eigenvalue weighted by Gasteiger charge is -2.30. The van der Waals surface area contributed by atoms with Gasteiger partial charge < -0.3 is 44.0 Å². The second-order valence-electron chi connectivity index (χ2n) is 17.3. The number of nitrogens with one attached hydrogen (secondary N) is 3. The number of rotatable bonds is 13. The Morgan fingerprint density at radius 3 is 2.39 bits per heavy atom. The molecule has 3 amide bonds. The summed E-state index contributed by atoms with van der Waals surface area (Å²) in [6.07, 6.45) is 2.70. The quantitative estimate of drug-likeness (QED) is 0.108. The van der Waals surface area contributed by atoms with Crippen LogP contribution in [0.1, 0.15) is 76.3 Å². The fourth-order valence-corrected chi connectivity index (χ4v) is 9.20. The zero-order valence-corrected chi connectivity index (χ0v) is 35.3. The number of hydrogen-bond donors (Lipinski definition) is 3. The number of likely N-dealkylation sites (tertiary alicyclic amines) is 2. The standard InChI is InChI=1S/C45H53F2N7O7/c1-23(2)11-38(55)53-18-25(20-58-5)12-35(53)41-48-17-34(50-41)28-7-9-30-29(14-28)22-60-37-16-31-27(15-32(30)37)8-10-33-40(31)51-42(49-33)36-13-26(21-61-44(46)47)19-54(36)43(56)39(24(3)4)52-45(57)59-6/h7-10,14-17,23-26,35-36,39,44H,11-13,18-22H2,1-6H3,(H,48,50)(H,49,51)(H,52,57)/t25-,26-,35-,36-,39-/m0/s1. The van der Waals surface area contributed by atoms with Gasteiger partial charge in [0.1, 0.15) is 30.0 Å². The third kappa shape index (κ3) is 8.52. The number of aromatic amines is 2. The summed E-state index contributed by atoms with van der Waals surface area (Å²) in [7, 11) is 2.92. The van der Waals surface area contributed by atoms with E-state index in [2.05, 4.69) is 58.1 Å². The molecule has 5 atom stereocenters. The van der Waals surface area contributed by atoms with Crippen molar-refractivity contribution in [3.05, 3.63) is 65.9 Å². The van der Waals surface area contributed by atoms with Crippen molar-refractivity contribution in [2.45, 2.75) is 78.3 Å². The Kier molecular flexibility index (Phi) is 12.0. The van der Waals surface area contributed by atoms with E-state index in [0.717, 1.165) is 56.5 Å². The van der Waals surface area contributed by atoms with Gasteiger partial charge in [-0.05, 0) is 71.0 Å². The lowest BCUT2D eigenvalue weighted by molar-refractivity contribution is -0.139. The van der Waals surface area contributed by atoms with Crippen LogP contribution < -0.4 is 10.1 Å². The first-order valence-electron chi connectivity index (χ1n) is 20.9. The summed E-state index contributed by atoms with van der Waals surface area (Å²) in [6, 6.07) is 12.7. The summed E-state index contributed by atoms with van der Waals surface area (Å²) in [5.74, 6) is 1.60. The van der Waals surface area contributed by atoms with E-state index in [-0.39, 0.29) is 54.7 Å². The molecule has 3 aromatic carbocycles. The molecule has 2 fully saturated rings. The number of H-pyrrole nitrogens is 2. The number of fused-ring (bicyclic) bond motifs is 6. The second-order valence-corrected chi connectivity index (χ2v) is 17.3. The summed E-state index contributed by atoms with van der Waals surface area (Å²) in [5, 5.41) is 4.43. The van der Waals surface area contributed by atoms with Gasteiger partial charge in [0.15, 0.2) is 0 Å². The van der Waals surface area contributed by atoms with Gasteiger partial charge in [-0.1, -0.05) is 45.9 Å². The van der Waals surface area contributed by atoms with Gasteiger partial charge in [-0.2, -0.15) is 8.78 Å². The number of aromatic nitrogens is 4. The predicted molar refractivity (Wildman–Crippen MR) is 224 cm³/mol. The number of hydrogen-bond acceptors (Lipinski definition) is 9. The van der Waals surface area contributed by atoms with Crippen LogP contribution in [0.2, 0.25) is 0 Å². The maximum atomic E-state index is 14.0. The normalized spacial score (nSPS) is 20.4. The highest BCUT2D eigenvalue weighted by Gasteiger charge is 2.42. The predicted octanol–water partition coefficient (Wildman–Crippen LogP) is 7.76. The van der Waals surface area contributed by atoms with Crippen LogP contribution in [0.25, 0.3) is 44.2 Å². The Balaban J connectivity index is 1.06. The minimum atomic E-state index is -2.94. The molecule has 0 bridgehead atoms. The second kappa shape index (κ2) is 17.4. The van der Waals surface area contributed by atoms with Crippen LogP contribution in [0, 0.1) is 23.7 Å². The molecule has 2 saturated heterocycles. The van der Waals surface area contributed by atoms with Gasteiger partial charge in [0, 0.05) is 49.4 Å². The minimum Gasteiger partial charge on any atom is -0.488 e. The fourth-order valence-electron chi connectivity index (χ4n) is 9.20. The smallest absolute Gasteiger partial charge is 0.407 e. The topological polar surface area (TPSA) is 164 Å². The molecule has 0 unspecified atom stereocenters. The van der Waals surface area contributed by atoms with Crippen molar-refractivity contribution < 1.29 is 42.1 Å². The third-order valence-electron chi connectivity index (χ3n) is 12.1. The van der Waals surface area contributed by atoms with Crippen LogP contribution in [0.3, 0.4) is 0 Å². The lowest BCUT2D eigenvalue weighted by Crippen LogP contribution is -2.51. The van der Waals surface area contributed by atoms with Crippen LogP contribution in [-0.4, -0.2) is 101 Å². The Labute approximate surface area is 352 Å². The van der Waals surface area contributed by atoms with Gasteiger partial charge >= 0.3 is 12.7 Å². The van der Waals surface area contributed by atoms with Crippen molar-refractivity contribution in [1.29, 1.82) is 0 Å². The molecule has 324 valence electrons. The Morgan fingerprint density at radius 2 is 1.67 bits per heavy atom. The molecule has 16 heteroatoms. The van der Waals surface area contributed by atoms with Crippen molar-refractivity contribution in [3.8, 4) is 28.1 Å². The number of nitrogens with zero attached hydrogens (tertiary/aromatic N) is 4. The molecule has 3 aliphatic rings. The van der Waals surface area contributed by atoms with Crippen LogP contribution in [0.5, 0.6) is 5.75 Å². The van der Waals surface area contributed by atoms with E-state index in [1.807, 2.05) is 43.1 Å². The van der Waals surface area contributed by atoms with Crippen LogP contribution in [0.15, 0.2) is 48.7 Å². The van der Waals surface area contributed by atoms with Gasteiger partial charge in [-0.15, -0.1) is 0 Å². The molecule has 0 spiro atoms. The average Bonchev–Trinajstić information content (AvgIpc) is 4.06. The van der Waals surface area contributed by atoms with Crippen molar-refractivity contribution in [1.82, 2.24) is 35.1 Å². The molecule has 3 aliphatic heterocycles. The highest BCUT2D eigenvalue weighted by atomic mass is 19.3. The third-order valence-corrected chi connectivity index (χ3v) is 12.1. The van der Waals surface area contributed by atoms with E-state index in [1.54, 1.807) is 12.0 Å². The van der Waals surface area contributed by atoms with Crippen molar-refractivity contribution in [2.24, 2.45) is 23.7 Å². The summed E-state index contributed by atoms with van der Waals surface area (Å²) in [5.41, 5.74) is 6.28. The fraction of sp³-hybridized carbons (Fsp3) is 0.489. The molecule has 0 aliphatic carbocycles. The van der Waals surface area contributed by atoms with Gasteiger partial charge in [0.25, 0.3) is 0 Å². The maximum absolute atomic E-state index is 14.0. The first-order valence-corrected chi connectivity index (χ1v) is 20.9. The van der Waals surface area contributed by atoms with E-state index >= 15 is 0 Å². The number of carbonyl (C=O) groups excluding carboxylic acids is 3. The van der Waals surface area contributed by atoms with Crippen LogP contribution in [-0.2, 0) is 30.4 Å². The number of carbonyl (C=O) groups is 3. The lowest BCUT2D eigenvalue weighted by atomic mass is 9.92. The Hall–Kier alpha value is -5.61. The van der Waals surface area contributed by atoms with Crippen molar-refractivity contribution >= 4 is 39.7 Å². The monoisotopic (exact) mass is 841 g/mol. The Morgan fingerprint density at radius 1 is 0.918 bits per heavy atom. The van der Waals surface area contributed by atoms with E-state index in [1.165, 1.54) is 7.11 Å². The molecule has 8 rings (SSSR count). The zero-order chi connectivity index (χ0) is 43.1. The average molecular weight is 842 g/mol. The van der Waals surface area contributed by atoms with Gasteiger partial charge in [0.2, 0.25) is 11.8 Å². The molecule has 0 saturated carbocycles. The SMILES string of the molecule is COC[C@H]1C[C@@H](c2ncc(-c3ccc4c(c3)COc3cc5c(ccc6[nH]c([C@@H]7C[C@H](COC(F)F)CN7C(=O)[C@@H](NC(=O)OC)C(C)C)nc65)cc3-4)[nH]2)N(C(=O)CC(C)C)C1. The molecule has 3 N–H and O–H groups in total. The van der Waals surface area contributed by atoms with Gasteiger partial charge in [-0.25, -0.2) is 14.8 Å². The first kappa shape index (κ1) is 42.1. The number of halogens is 2. The Bertz CT molecular complexity index is 2430. The molecular weight excluding hydrogens is 789 g/mol. The molecule has 5 heterocycles. The summed E-state index contributed by atoms with van der Waals surface area (Å²) in [4.78, 5) is 59.8. The summed E-state index contributed by atoms with van der Waals surface area (Å²) < 4.78 is 47.5. The number of alkyl carbamates (subject to hydrolysis) is 1. The van der Waals surface area contributed by atoms with E-state index in [9.17, 15) is 23.2 Å². The summed E-state index contributed by atoms with van der Waals surface area (Å²) in [6.45, 7) is 6.30. The van der Waals surface area contributed by atoms with E-state index in [4.69, 9.17) is 24.2 Å². The van der Waals surface area contributed by atoms with Crippen molar-refractivity contribution in [2.75, 3.05) is 40.5 Å². The number of ether oxygens (including phenoxy) is 4. The number of benzene rings is 3. The number of alkyl halides is 2. The van der Waals surface area contributed by atoms with E-state index < -0.39 is 24.8 Å². The highest BCUT2D eigenvalue weighted by molar-refractivity contribution is 6.07. The molecule has 5 aromatic rings. The number of amides is 3. The van der Waals surface area contributed by atoms with Crippen molar-refractivity contribution in [3.63, 3.8) is 0 Å². The zero-order valence-electron chi connectivity index (χ0n) is 35.3. The molecule has 2 aromatic heterocycles. The van der Waals surface area contributed by atoms with Gasteiger partial charge in [0.05, 0.1) is 55.3 Å². The molecular formula is C45H53F2N7O7.